The smallest absolute Gasteiger partial charge is 0.0198 e. The molecule has 1 saturated heterocycles. The summed E-state index contributed by atoms with van der Waals surface area (Å²) in [5, 5.41) is 0. The Kier molecular flexibility index (Phi) is 4.95. The van der Waals surface area contributed by atoms with Crippen molar-refractivity contribution in [3.8, 4) is 0 Å². The first-order valence-corrected chi connectivity index (χ1v) is 9.54. The van der Waals surface area contributed by atoms with Gasteiger partial charge in [-0.05, 0) is 63.2 Å². The number of hydrogen-bond acceptors (Lipinski definition) is 2. The summed E-state index contributed by atoms with van der Waals surface area (Å²) in [6.07, 6.45) is 8.74. The molecular formula is C19H36N2. The van der Waals surface area contributed by atoms with E-state index < -0.39 is 0 Å². The Labute approximate surface area is 132 Å². The summed E-state index contributed by atoms with van der Waals surface area (Å²) in [5.74, 6) is 2.87. The van der Waals surface area contributed by atoms with Crippen LogP contribution >= 0.6 is 0 Å². The maximum atomic E-state index is 2.86. The first kappa shape index (κ1) is 15.8. The molecule has 3 rings (SSSR count). The predicted molar refractivity (Wildman–Crippen MR) is 90.5 cm³/mol. The molecule has 3 fully saturated rings. The number of nitrogens with zero attached hydrogens (tertiary/aromatic N) is 2. The van der Waals surface area contributed by atoms with Crippen LogP contribution in [0.3, 0.4) is 0 Å². The fourth-order valence-electron chi connectivity index (χ4n) is 5.13. The molecule has 0 amide bonds. The second kappa shape index (κ2) is 6.58. The third-order valence-electron chi connectivity index (χ3n) is 6.73. The quantitative estimate of drug-likeness (QED) is 0.775. The highest BCUT2D eigenvalue weighted by Crippen LogP contribution is 2.35. The summed E-state index contributed by atoms with van der Waals surface area (Å²) in [6.45, 7) is 13.7. The van der Waals surface area contributed by atoms with Crippen molar-refractivity contribution in [3.63, 3.8) is 0 Å². The van der Waals surface area contributed by atoms with Crippen LogP contribution in [0.4, 0.5) is 0 Å². The lowest BCUT2D eigenvalue weighted by molar-refractivity contribution is -0.0162. The zero-order chi connectivity index (χ0) is 15.0. The number of rotatable bonds is 3. The molecule has 1 atom stereocenters. The molecule has 0 bridgehead atoms. The number of hydrogen-bond donors (Lipinski definition) is 0. The average Bonchev–Trinajstić information content (AvgIpc) is 2.44. The van der Waals surface area contributed by atoms with Gasteiger partial charge >= 0.3 is 0 Å². The van der Waals surface area contributed by atoms with Crippen LogP contribution in [0.1, 0.15) is 66.2 Å². The summed E-state index contributed by atoms with van der Waals surface area (Å²) in [6, 6.07) is 2.58. The Morgan fingerprint density at radius 2 is 1.52 bits per heavy atom. The van der Waals surface area contributed by atoms with Gasteiger partial charge in [0.15, 0.2) is 0 Å². The van der Waals surface area contributed by atoms with Crippen LogP contribution in [0.15, 0.2) is 0 Å². The summed E-state index contributed by atoms with van der Waals surface area (Å²) in [7, 11) is 0. The molecule has 2 heteroatoms. The van der Waals surface area contributed by atoms with E-state index in [2.05, 4.69) is 37.5 Å². The Balaban J connectivity index is 1.47. The molecule has 0 aromatic heterocycles. The summed E-state index contributed by atoms with van der Waals surface area (Å²) >= 11 is 0. The highest BCUT2D eigenvalue weighted by molar-refractivity contribution is 4.92. The van der Waals surface area contributed by atoms with Gasteiger partial charge in [-0.25, -0.2) is 0 Å². The van der Waals surface area contributed by atoms with Gasteiger partial charge in [0.1, 0.15) is 0 Å². The van der Waals surface area contributed by atoms with E-state index in [1.165, 1.54) is 58.2 Å². The van der Waals surface area contributed by atoms with Crippen LogP contribution in [0.25, 0.3) is 0 Å². The fraction of sp³-hybridized carbons (Fsp3) is 1.00. The van der Waals surface area contributed by atoms with Crippen molar-refractivity contribution in [3.05, 3.63) is 0 Å². The fourth-order valence-corrected chi connectivity index (χ4v) is 5.13. The zero-order valence-electron chi connectivity index (χ0n) is 14.7. The second-order valence-corrected chi connectivity index (χ2v) is 8.62. The van der Waals surface area contributed by atoms with Crippen molar-refractivity contribution in [2.24, 2.45) is 17.8 Å². The summed E-state index contributed by atoms with van der Waals surface area (Å²) < 4.78 is 0. The lowest BCUT2D eigenvalue weighted by atomic mass is 9.78. The van der Waals surface area contributed by atoms with Crippen LogP contribution in [0.2, 0.25) is 0 Å². The maximum absolute atomic E-state index is 2.86. The molecule has 2 nitrogen and oxygen atoms in total. The van der Waals surface area contributed by atoms with Crippen molar-refractivity contribution in [2.45, 2.75) is 84.3 Å². The standard InChI is InChI=1S/C19H36N2/c1-14(2)17-5-7-18(8-6-17)21-10-9-20(13-16(21)4)19-11-15(3)12-19/h14-19H,5-13H2,1-4H3/t15?,16-,17?,18?,19?/m1/s1. The van der Waals surface area contributed by atoms with Gasteiger partial charge in [0.2, 0.25) is 0 Å². The molecule has 0 spiro atoms. The Hall–Kier alpha value is -0.0800. The van der Waals surface area contributed by atoms with Gasteiger partial charge in [-0.1, -0.05) is 20.8 Å². The third-order valence-corrected chi connectivity index (χ3v) is 6.73. The highest BCUT2D eigenvalue weighted by atomic mass is 15.3. The van der Waals surface area contributed by atoms with Crippen molar-refractivity contribution in [2.75, 3.05) is 19.6 Å². The lowest BCUT2D eigenvalue weighted by Crippen LogP contribution is -2.59. The normalized spacial score (nSPS) is 43.0. The van der Waals surface area contributed by atoms with Gasteiger partial charge in [-0.3, -0.25) is 9.80 Å². The molecule has 122 valence electrons. The first-order valence-electron chi connectivity index (χ1n) is 9.54. The molecule has 2 saturated carbocycles. The number of piperazine rings is 1. The van der Waals surface area contributed by atoms with E-state index >= 15 is 0 Å². The molecule has 0 radical (unpaired) electrons. The molecule has 2 aliphatic carbocycles. The lowest BCUT2D eigenvalue weighted by Gasteiger charge is -2.51. The third kappa shape index (κ3) is 3.47. The minimum Gasteiger partial charge on any atom is -0.298 e. The van der Waals surface area contributed by atoms with E-state index in [4.69, 9.17) is 0 Å². The van der Waals surface area contributed by atoms with Gasteiger partial charge < -0.3 is 0 Å². The van der Waals surface area contributed by atoms with Gasteiger partial charge in [-0.15, -0.1) is 0 Å². The Morgan fingerprint density at radius 1 is 0.857 bits per heavy atom. The average molecular weight is 293 g/mol. The minimum atomic E-state index is 0.773. The van der Waals surface area contributed by atoms with Crippen LogP contribution in [-0.2, 0) is 0 Å². The van der Waals surface area contributed by atoms with Gasteiger partial charge in [0.25, 0.3) is 0 Å². The van der Waals surface area contributed by atoms with Gasteiger partial charge in [-0.2, -0.15) is 0 Å². The Bertz CT molecular complexity index is 326. The van der Waals surface area contributed by atoms with Crippen LogP contribution in [-0.4, -0.2) is 47.6 Å². The van der Waals surface area contributed by atoms with E-state index in [1.807, 2.05) is 0 Å². The Morgan fingerprint density at radius 3 is 2.05 bits per heavy atom. The van der Waals surface area contributed by atoms with E-state index in [0.29, 0.717) is 0 Å². The van der Waals surface area contributed by atoms with E-state index in [1.54, 1.807) is 0 Å². The topological polar surface area (TPSA) is 6.48 Å². The van der Waals surface area contributed by atoms with E-state index in [-0.39, 0.29) is 0 Å². The zero-order valence-corrected chi connectivity index (χ0v) is 14.7. The van der Waals surface area contributed by atoms with Crippen LogP contribution < -0.4 is 0 Å². The molecule has 0 unspecified atom stereocenters. The molecule has 1 aliphatic heterocycles. The van der Waals surface area contributed by atoms with E-state index in [9.17, 15) is 0 Å². The summed E-state index contributed by atoms with van der Waals surface area (Å²) in [4.78, 5) is 5.65. The van der Waals surface area contributed by atoms with Crippen molar-refractivity contribution >= 4 is 0 Å². The monoisotopic (exact) mass is 292 g/mol. The van der Waals surface area contributed by atoms with Crippen molar-refractivity contribution < 1.29 is 0 Å². The molecule has 0 aromatic rings. The summed E-state index contributed by atoms with van der Waals surface area (Å²) in [5.41, 5.74) is 0. The van der Waals surface area contributed by atoms with Crippen LogP contribution in [0.5, 0.6) is 0 Å². The SMILES string of the molecule is CC1CC(N2CCN(C3CCC(C(C)C)CC3)[C@H](C)C2)C1. The predicted octanol–water partition coefficient (Wildman–Crippen LogP) is 4.01. The molecule has 21 heavy (non-hydrogen) atoms. The molecular weight excluding hydrogens is 256 g/mol. The maximum Gasteiger partial charge on any atom is 0.0198 e. The molecule has 0 aromatic carbocycles. The highest BCUT2D eigenvalue weighted by Gasteiger charge is 2.37. The van der Waals surface area contributed by atoms with Gasteiger partial charge in [0, 0.05) is 37.8 Å². The first-order chi connectivity index (χ1) is 10.0. The second-order valence-electron chi connectivity index (χ2n) is 8.62. The molecule has 0 N–H and O–H groups in total. The van der Waals surface area contributed by atoms with Gasteiger partial charge in [0.05, 0.1) is 0 Å². The molecule has 3 aliphatic rings. The van der Waals surface area contributed by atoms with Crippen molar-refractivity contribution in [1.82, 2.24) is 9.80 Å². The molecule has 1 heterocycles. The minimum absolute atomic E-state index is 0.773. The van der Waals surface area contributed by atoms with Crippen LogP contribution in [0, 0.1) is 17.8 Å². The van der Waals surface area contributed by atoms with E-state index in [0.717, 1.165) is 35.9 Å². The largest absolute Gasteiger partial charge is 0.298 e. The van der Waals surface area contributed by atoms with Crippen molar-refractivity contribution in [1.29, 1.82) is 0 Å².